The van der Waals surface area contributed by atoms with Crippen molar-refractivity contribution >= 4 is 83.7 Å². The quantitative estimate of drug-likeness (QED) is 0.145. The molecule has 300 valence electrons. The molecule has 0 atom stereocenters. The normalized spacial score (nSPS) is 13.7. The van der Waals surface area contributed by atoms with E-state index in [-0.39, 0.29) is 78.6 Å². The molecule has 57 heavy (non-hydrogen) atoms. The summed E-state index contributed by atoms with van der Waals surface area (Å²) in [7, 11) is -7.75. The zero-order valence-electron chi connectivity index (χ0n) is 29.9. The van der Waals surface area contributed by atoms with E-state index in [1.54, 1.807) is 42.6 Å². The van der Waals surface area contributed by atoms with Crippen LogP contribution in [0.5, 0.6) is 0 Å². The van der Waals surface area contributed by atoms with Gasteiger partial charge in [-0.2, -0.15) is 0 Å². The summed E-state index contributed by atoms with van der Waals surface area (Å²) in [4.78, 5) is 38.5. The number of carbonyl (C=O) groups excluding carboxylic acids is 2. The van der Waals surface area contributed by atoms with Gasteiger partial charge in [-0.1, -0.05) is 76.7 Å². The zero-order valence-corrected chi connectivity index (χ0v) is 34.5. The molecule has 0 saturated carbocycles. The van der Waals surface area contributed by atoms with Crippen molar-refractivity contribution in [2.75, 3.05) is 18.4 Å². The number of rotatable bonds is 10. The number of hydrogen-bond acceptors (Lipinski definition) is 9. The first-order valence-corrected chi connectivity index (χ1v) is 21.8. The van der Waals surface area contributed by atoms with E-state index in [0.717, 1.165) is 6.92 Å². The molecule has 11 nitrogen and oxygen atoms in total. The Balaban J connectivity index is 0.000000219. The van der Waals surface area contributed by atoms with Gasteiger partial charge in [-0.05, 0) is 80.4 Å². The number of halogens is 6. The third-order valence-electron chi connectivity index (χ3n) is 8.61. The van der Waals surface area contributed by atoms with E-state index in [1.807, 2.05) is 0 Å². The summed E-state index contributed by atoms with van der Waals surface area (Å²) >= 11 is 24.0. The van der Waals surface area contributed by atoms with Gasteiger partial charge in [0.15, 0.2) is 19.7 Å². The highest BCUT2D eigenvalue weighted by molar-refractivity contribution is 7.91. The molecule has 1 saturated heterocycles. The summed E-state index contributed by atoms with van der Waals surface area (Å²) in [5, 5.41) is 2.67. The number of alkyl halides is 2. The fourth-order valence-corrected chi connectivity index (χ4v) is 10.9. The van der Waals surface area contributed by atoms with E-state index in [1.165, 1.54) is 59.5 Å². The van der Waals surface area contributed by atoms with Crippen molar-refractivity contribution in [3.05, 3.63) is 140 Å². The van der Waals surface area contributed by atoms with Gasteiger partial charge in [0.25, 0.3) is 11.8 Å². The number of sulfone groups is 2. The maximum atomic E-state index is 13.5. The van der Waals surface area contributed by atoms with Gasteiger partial charge in [-0.25, -0.2) is 40.6 Å². The van der Waals surface area contributed by atoms with Crippen molar-refractivity contribution in [1.29, 1.82) is 0 Å². The largest absolute Gasteiger partial charge is 0.337 e. The molecule has 1 aliphatic rings. The molecule has 2 amide bonds. The number of pyridine rings is 3. The highest BCUT2D eigenvalue weighted by Crippen LogP contribution is 2.34. The number of nitrogens with zero attached hydrogens (tertiary/aromatic N) is 4. The van der Waals surface area contributed by atoms with Gasteiger partial charge in [-0.3, -0.25) is 9.59 Å². The second-order valence-electron chi connectivity index (χ2n) is 12.8. The molecule has 4 heterocycles. The highest BCUT2D eigenvalue weighted by Gasteiger charge is 2.37. The Morgan fingerprint density at radius 1 is 0.702 bits per heavy atom. The van der Waals surface area contributed by atoms with Crippen LogP contribution in [0.1, 0.15) is 52.1 Å². The van der Waals surface area contributed by atoms with Gasteiger partial charge in [0.2, 0.25) is 5.92 Å². The molecular weight excluding hydrogens is 866 g/mol. The van der Waals surface area contributed by atoms with Crippen molar-refractivity contribution in [1.82, 2.24) is 19.9 Å². The average molecular weight is 900 g/mol. The number of amides is 2. The van der Waals surface area contributed by atoms with Gasteiger partial charge in [-0.15, -0.1) is 0 Å². The molecule has 0 aliphatic carbocycles. The Labute approximate surface area is 348 Å². The number of aromatic nitrogens is 3. The van der Waals surface area contributed by atoms with E-state index < -0.39 is 54.8 Å². The Hall–Kier alpha value is -4.25. The van der Waals surface area contributed by atoms with Crippen LogP contribution in [0, 0.1) is 5.92 Å². The smallest absolute Gasteiger partial charge is 0.275 e. The van der Waals surface area contributed by atoms with E-state index in [9.17, 15) is 35.2 Å². The molecule has 1 N–H and O–H groups in total. The lowest BCUT2D eigenvalue weighted by Gasteiger charge is -2.34. The van der Waals surface area contributed by atoms with Gasteiger partial charge in [0, 0.05) is 25.2 Å². The summed E-state index contributed by atoms with van der Waals surface area (Å²) in [5.41, 5.74) is 0.486. The molecule has 1 fully saturated rings. The Bertz CT molecular complexity index is 2450. The predicted octanol–water partition coefficient (Wildman–Crippen LogP) is 8.88. The van der Waals surface area contributed by atoms with Crippen molar-refractivity contribution in [2.45, 2.75) is 47.0 Å². The second-order valence-corrected chi connectivity index (χ2v) is 18.3. The van der Waals surface area contributed by atoms with Crippen LogP contribution < -0.4 is 5.32 Å². The number of nitrogens with one attached hydrogen (secondary N) is 1. The first kappa shape index (κ1) is 43.9. The van der Waals surface area contributed by atoms with E-state index in [0.29, 0.717) is 5.82 Å². The lowest BCUT2D eigenvalue weighted by molar-refractivity contribution is -0.0595. The van der Waals surface area contributed by atoms with Crippen LogP contribution in [0.4, 0.5) is 14.6 Å². The molecule has 2 aromatic carbocycles. The molecule has 1 aliphatic heterocycles. The van der Waals surface area contributed by atoms with Crippen LogP contribution >= 0.6 is 46.4 Å². The lowest BCUT2D eigenvalue weighted by atomic mass is 9.91. The summed E-state index contributed by atoms with van der Waals surface area (Å²) in [6.45, 7) is 1.30. The monoisotopic (exact) mass is 897 g/mol. The third-order valence-corrected chi connectivity index (χ3v) is 13.8. The lowest BCUT2D eigenvalue weighted by Crippen LogP contribution is -2.42. The molecule has 6 rings (SSSR count). The van der Waals surface area contributed by atoms with Crippen LogP contribution in [0.15, 0.2) is 107 Å². The van der Waals surface area contributed by atoms with Gasteiger partial charge in [0.1, 0.15) is 27.0 Å². The number of piperidine rings is 1. The Kier molecular flexibility index (Phi) is 14.3. The van der Waals surface area contributed by atoms with Crippen LogP contribution in [-0.2, 0) is 31.2 Å². The molecular formula is C38H33Cl4F2N5O6S2. The summed E-state index contributed by atoms with van der Waals surface area (Å²) in [5.74, 6) is -5.01. The van der Waals surface area contributed by atoms with Crippen molar-refractivity contribution in [3.63, 3.8) is 0 Å². The third kappa shape index (κ3) is 11.5. The summed E-state index contributed by atoms with van der Waals surface area (Å²) in [6.07, 6.45) is 1.95. The van der Waals surface area contributed by atoms with E-state index in [2.05, 4.69) is 20.3 Å². The highest BCUT2D eigenvalue weighted by atomic mass is 35.5. The first-order valence-electron chi connectivity index (χ1n) is 17.0. The SMILES string of the molecule is CC(F)(F)C1CCN(C(=O)c2cccc(CS(=O)(=O)c3c(Cl)cccc3Cl)n2)CC1.O=C(Nc1ccccn1)c1cccc(CS(=O)(=O)c2c(Cl)cccc2Cl)n1. The zero-order chi connectivity index (χ0) is 41.5. The molecule has 0 radical (unpaired) electrons. The molecule has 5 aromatic rings. The van der Waals surface area contributed by atoms with Gasteiger partial charge < -0.3 is 10.2 Å². The van der Waals surface area contributed by atoms with Gasteiger partial charge >= 0.3 is 0 Å². The molecule has 19 heteroatoms. The second kappa shape index (κ2) is 18.6. The topological polar surface area (TPSA) is 156 Å². The number of likely N-dealkylation sites (tertiary alicyclic amines) is 1. The molecule has 0 bridgehead atoms. The minimum Gasteiger partial charge on any atom is -0.337 e. The maximum absolute atomic E-state index is 13.5. The minimum atomic E-state index is -3.90. The first-order chi connectivity index (χ1) is 26.9. The number of hydrogen-bond donors (Lipinski definition) is 1. The number of benzene rings is 2. The Morgan fingerprint density at radius 3 is 1.61 bits per heavy atom. The number of carbonyl (C=O) groups is 2. The van der Waals surface area contributed by atoms with Crippen LogP contribution in [0.3, 0.4) is 0 Å². The van der Waals surface area contributed by atoms with Crippen molar-refractivity contribution < 1.29 is 35.2 Å². The molecule has 0 unspecified atom stereocenters. The summed E-state index contributed by atoms with van der Waals surface area (Å²) < 4.78 is 77.9. The van der Waals surface area contributed by atoms with Gasteiger partial charge in [0.05, 0.1) is 43.0 Å². The van der Waals surface area contributed by atoms with E-state index in [4.69, 9.17) is 46.4 Å². The maximum Gasteiger partial charge on any atom is 0.275 e. The fraction of sp³-hybridized carbons (Fsp3) is 0.237. The summed E-state index contributed by atoms with van der Waals surface area (Å²) in [6, 6.07) is 23.0. The van der Waals surface area contributed by atoms with Crippen molar-refractivity contribution in [2.24, 2.45) is 5.92 Å². The van der Waals surface area contributed by atoms with E-state index >= 15 is 0 Å². The van der Waals surface area contributed by atoms with Crippen LogP contribution in [-0.4, -0.2) is 67.5 Å². The number of anilines is 1. The fourth-order valence-electron chi connectivity index (χ4n) is 5.83. The average Bonchev–Trinajstić information content (AvgIpc) is 3.14. The predicted molar refractivity (Wildman–Crippen MR) is 215 cm³/mol. The molecule has 3 aromatic heterocycles. The molecule has 0 spiro atoms. The van der Waals surface area contributed by atoms with Crippen molar-refractivity contribution in [3.8, 4) is 0 Å². The van der Waals surface area contributed by atoms with Crippen LogP contribution in [0.2, 0.25) is 20.1 Å². The standard InChI is InChI=1S/C20H20Cl2F2N2O3S.C18H13Cl2N3O3S/c1-20(23,24)13-8-10-26(11-9-13)19(27)17-7-2-4-14(25-17)12-30(28,29)18-15(21)5-3-6-16(18)22;19-13-6-4-7-14(20)17(13)27(25,26)11-12-5-3-8-15(22-12)18(24)23-16-9-1-2-10-21-16/h2-7,13H,8-12H2,1H3;1-10H,11H2,(H,21,23,24). The minimum absolute atomic E-state index is 0.00493. The van der Waals surface area contributed by atoms with Crippen LogP contribution in [0.25, 0.3) is 0 Å². The Morgan fingerprint density at radius 2 is 1.16 bits per heavy atom.